The molecule has 0 radical (unpaired) electrons. The normalized spacial score (nSPS) is 10.5. The molecule has 13 heavy (non-hydrogen) atoms. The fraction of sp³-hybridized carbons (Fsp3) is 0. The van der Waals surface area contributed by atoms with E-state index in [1.807, 2.05) is 30.3 Å². The van der Waals surface area contributed by atoms with Crippen molar-refractivity contribution in [3.63, 3.8) is 0 Å². The molecule has 3 heteroatoms. The predicted molar refractivity (Wildman–Crippen MR) is 57.3 cm³/mol. The zero-order valence-electron chi connectivity index (χ0n) is 6.70. The Balaban J connectivity index is 2.87. The Kier molecular flexibility index (Phi) is 2.34. The number of rotatable bonds is 1. The highest BCUT2D eigenvalue weighted by molar-refractivity contribution is 8.21. The smallest absolute Gasteiger partial charge is 0.124 e. The molecule has 1 nitrogen and oxygen atoms in total. The van der Waals surface area contributed by atoms with Crippen molar-refractivity contribution >= 4 is 32.4 Å². The van der Waals surface area contributed by atoms with Crippen molar-refractivity contribution in [1.82, 2.24) is 0 Å². The first kappa shape index (κ1) is 8.73. The fourth-order valence-electron chi connectivity index (χ4n) is 1.35. The van der Waals surface area contributed by atoms with Crippen LogP contribution in [0.4, 0.5) is 0 Å². The van der Waals surface area contributed by atoms with Crippen LogP contribution in [0.1, 0.15) is 0 Å². The van der Waals surface area contributed by atoms with Gasteiger partial charge in [-0.25, -0.2) is 0 Å². The quantitative estimate of drug-likeness (QED) is 0.773. The lowest BCUT2D eigenvalue weighted by Gasteiger charge is -2.03. The molecule has 0 bridgehead atoms. The van der Waals surface area contributed by atoms with Gasteiger partial charge in [0.1, 0.15) is 5.75 Å². The van der Waals surface area contributed by atoms with E-state index < -0.39 is 0 Å². The highest BCUT2D eigenvalue weighted by Gasteiger charge is 2.04. The third-order valence-corrected chi connectivity index (χ3v) is 2.93. The number of phenolic OH excluding ortho intramolecular Hbond substituents is 1. The van der Waals surface area contributed by atoms with E-state index in [0.717, 1.165) is 26.6 Å². The Bertz CT molecular complexity index is 437. The van der Waals surface area contributed by atoms with Crippen molar-refractivity contribution in [2.75, 3.05) is 0 Å². The summed E-state index contributed by atoms with van der Waals surface area (Å²) < 4.78 is 0. The van der Waals surface area contributed by atoms with Gasteiger partial charge in [0, 0.05) is 10.3 Å². The van der Waals surface area contributed by atoms with Crippen LogP contribution in [-0.4, -0.2) is 5.11 Å². The number of hydrogen-bond acceptors (Lipinski definition) is 2. The molecule has 66 valence electrons. The zero-order valence-corrected chi connectivity index (χ0v) is 8.27. The topological polar surface area (TPSA) is 20.2 Å². The van der Waals surface area contributed by atoms with Crippen molar-refractivity contribution in [2.24, 2.45) is 0 Å². The lowest BCUT2D eigenvalue weighted by atomic mass is 10.1. The Morgan fingerprint density at radius 1 is 1.08 bits per heavy atom. The third kappa shape index (κ3) is 1.47. The first-order valence-corrected chi connectivity index (χ1v) is 5.46. The minimum absolute atomic E-state index is 0.279. The van der Waals surface area contributed by atoms with E-state index in [2.05, 4.69) is 0 Å². The lowest BCUT2D eigenvalue weighted by Crippen LogP contribution is -1.76. The number of phenols is 1. The molecule has 2 rings (SSSR count). The molecular formula is C10H7ClOS. The second-order valence-electron chi connectivity index (χ2n) is 2.71. The van der Waals surface area contributed by atoms with E-state index >= 15 is 0 Å². The van der Waals surface area contributed by atoms with Gasteiger partial charge in [0.05, 0.1) is 0 Å². The maximum atomic E-state index is 9.61. The molecule has 0 unspecified atom stereocenters. The summed E-state index contributed by atoms with van der Waals surface area (Å²) in [5.74, 6) is 0.279. The summed E-state index contributed by atoms with van der Waals surface area (Å²) >= 11 is 0. The first-order chi connectivity index (χ1) is 6.33. The number of hydrogen-bond donors (Lipinski definition) is 1. The van der Waals surface area contributed by atoms with Gasteiger partial charge in [0.15, 0.2) is 0 Å². The highest BCUT2D eigenvalue weighted by atomic mass is 35.7. The maximum absolute atomic E-state index is 9.61. The van der Waals surface area contributed by atoms with E-state index in [0.29, 0.717) is 0 Å². The molecule has 0 spiro atoms. The second-order valence-corrected chi connectivity index (χ2v) is 3.77. The van der Waals surface area contributed by atoms with Crippen LogP contribution in [0.5, 0.6) is 5.75 Å². The van der Waals surface area contributed by atoms with Crippen molar-refractivity contribution in [2.45, 2.75) is 4.90 Å². The molecule has 0 saturated heterocycles. The molecule has 0 aromatic heterocycles. The second kappa shape index (κ2) is 3.48. The van der Waals surface area contributed by atoms with Crippen LogP contribution in [0.2, 0.25) is 0 Å². The summed E-state index contributed by atoms with van der Waals surface area (Å²) in [5, 5.41) is 11.4. The van der Waals surface area contributed by atoms with Crippen LogP contribution in [-0.2, 0) is 0 Å². The fourth-order valence-corrected chi connectivity index (χ4v) is 2.17. The van der Waals surface area contributed by atoms with Crippen LogP contribution in [0.25, 0.3) is 10.8 Å². The summed E-state index contributed by atoms with van der Waals surface area (Å²) in [4.78, 5) is 0.886. The van der Waals surface area contributed by atoms with E-state index in [4.69, 9.17) is 10.7 Å². The first-order valence-electron chi connectivity index (χ1n) is 3.82. The average Bonchev–Trinajstić information content (AvgIpc) is 2.17. The van der Waals surface area contributed by atoms with Gasteiger partial charge in [0.25, 0.3) is 0 Å². The van der Waals surface area contributed by atoms with E-state index in [1.165, 1.54) is 0 Å². The number of fused-ring (bicyclic) bond motifs is 1. The summed E-state index contributed by atoms with van der Waals surface area (Å²) in [7, 11) is 6.81. The van der Waals surface area contributed by atoms with E-state index in [9.17, 15) is 5.11 Å². The maximum Gasteiger partial charge on any atom is 0.124 e. The van der Waals surface area contributed by atoms with Gasteiger partial charge < -0.3 is 5.11 Å². The number of aromatic hydroxyl groups is 1. The van der Waals surface area contributed by atoms with Crippen molar-refractivity contribution < 1.29 is 5.11 Å². The Hall–Kier alpha value is -0.860. The largest absolute Gasteiger partial charge is 0.507 e. The van der Waals surface area contributed by atoms with Gasteiger partial charge in [-0.1, -0.05) is 24.3 Å². The molecule has 0 aliphatic carbocycles. The molecule has 1 N–H and O–H groups in total. The van der Waals surface area contributed by atoms with E-state index in [1.54, 1.807) is 6.07 Å². The summed E-state index contributed by atoms with van der Waals surface area (Å²) in [6.07, 6.45) is 0. The molecule has 0 amide bonds. The van der Waals surface area contributed by atoms with Gasteiger partial charge in [0.2, 0.25) is 0 Å². The number of halogens is 1. The van der Waals surface area contributed by atoms with Crippen molar-refractivity contribution in [3.8, 4) is 5.75 Å². The summed E-state index contributed by atoms with van der Waals surface area (Å²) in [5.41, 5.74) is 0. The molecule has 0 fully saturated rings. The minimum Gasteiger partial charge on any atom is -0.507 e. The predicted octanol–water partition coefficient (Wildman–Crippen LogP) is 3.79. The third-order valence-electron chi connectivity index (χ3n) is 1.93. The van der Waals surface area contributed by atoms with E-state index in [-0.39, 0.29) is 5.75 Å². The SMILES string of the molecule is Oc1cccc2cccc(SCl)c12. The van der Waals surface area contributed by atoms with Gasteiger partial charge in [-0.3, -0.25) is 0 Å². The van der Waals surface area contributed by atoms with Gasteiger partial charge in [-0.15, -0.1) is 0 Å². The van der Waals surface area contributed by atoms with Gasteiger partial charge in [-0.2, -0.15) is 0 Å². The molecule has 0 heterocycles. The Labute approximate surface area is 84.8 Å². The Morgan fingerprint density at radius 2 is 1.77 bits per heavy atom. The summed E-state index contributed by atoms with van der Waals surface area (Å²) in [6, 6.07) is 11.2. The average molecular weight is 211 g/mol. The zero-order chi connectivity index (χ0) is 9.26. The molecule has 0 atom stereocenters. The Morgan fingerprint density at radius 3 is 2.46 bits per heavy atom. The summed E-state index contributed by atoms with van der Waals surface area (Å²) in [6.45, 7) is 0. The lowest BCUT2D eigenvalue weighted by molar-refractivity contribution is 0.481. The molecule has 0 saturated carbocycles. The molecule has 0 aliphatic rings. The molecular weight excluding hydrogens is 204 g/mol. The van der Waals surface area contributed by atoms with Crippen molar-refractivity contribution in [3.05, 3.63) is 36.4 Å². The van der Waals surface area contributed by atoms with Crippen LogP contribution in [0.3, 0.4) is 0 Å². The monoisotopic (exact) mass is 210 g/mol. The van der Waals surface area contributed by atoms with Crippen LogP contribution >= 0.6 is 21.7 Å². The van der Waals surface area contributed by atoms with Gasteiger partial charge >= 0.3 is 0 Å². The number of benzene rings is 2. The highest BCUT2D eigenvalue weighted by Crippen LogP contribution is 2.35. The molecule has 2 aromatic carbocycles. The van der Waals surface area contributed by atoms with Crippen molar-refractivity contribution in [1.29, 1.82) is 0 Å². The van der Waals surface area contributed by atoms with Gasteiger partial charge in [-0.05, 0) is 39.2 Å². The molecule has 2 aromatic rings. The standard InChI is InChI=1S/C10H7ClOS/c11-13-9-6-2-4-7-3-1-5-8(12)10(7)9/h1-6,12H. The van der Waals surface area contributed by atoms with Crippen LogP contribution in [0, 0.1) is 0 Å². The van der Waals surface area contributed by atoms with Crippen LogP contribution in [0.15, 0.2) is 41.3 Å². The minimum atomic E-state index is 0.279. The molecule has 0 aliphatic heterocycles. The van der Waals surface area contributed by atoms with Crippen LogP contribution < -0.4 is 0 Å².